The fourth-order valence-electron chi connectivity index (χ4n) is 1.27. The zero-order valence-corrected chi connectivity index (χ0v) is 10.6. The predicted octanol–water partition coefficient (Wildman–Crippen LogP) is 1.43. The van der Waals surface area contributed by atoms with Crippen LogP contribution in [0.2, 0.25) is 0 Å². The molecule has 1 amide bonds. The van der Waals surface area contributed by atoms with Gasteiger partial charge < -0.3 is 11.1 Å². The molecule has 0 fully saturated rings. The first-order valence-corrected chi connectivity index (χ1v) is 5.54. The number of nitro groups is 1. The van der Waals surface area contributed by atoms with Crippen molar-refractivity contribution in [3.63, 3.8) is 0 Å². The molecule has 1 rings (SSSR count). The minimum atomic E-state index is -0.545. The van der Waals surface area contributed by atoms with Crippen molar-refractivity contribution in [2.45, 2.75) is 19.4 Å². The van der Waals surface area contributed by atoms with Crippen LogP contribution in [0.4, 0.5) is 11.5 Å². The number of primary amides is 1. The topological polar surface area (TPSA) is 111 Å². The van der Waals surface area contributed by atoms with Gasteiger partial charge in [0.25, 0.3) is 0 Å². The van der Waals surface area contributed by atoms with Crippen molar-refractivity contribution in [1.82, 2.24) is 4.98 Å². The van der Waals surface area contributed by atoms with Crippen molar-refractivity contribution in [2.24, 2.45) is 5.73 Å². The lowest BCUT2D eigenvalue weighted by molar-refractivity contribution is -0.384. The largest absolute Gasteiger partial charge is 0.370 e. The molecule has 3 N–H and O–H groups in total. The number of anilines is 1. The van der Waals surface area contributed by atoms with Crippen molar-refractivity contribution < 1.29 is 9.72 Å². The van der Waals surface area contributed by atoms with E-state index in [4.69, 9.17) is 5.73 Å². The molecule has 92 valence electrons. The molecule has 0 saturated carbocycles. The Morgan fingerprint density at radius 2 is 2.41 bits per heavy atom. The van der Waals surface area contributed by atoms with E-state index in [1.807, 2.05) is 0 Å². The smallest absolute Gasteiger partial charge is 0.312 e. The van der Waals surface area contributed by atoms with Crippen LogP contribution in [0.15, 0.2) is 16.7 Å². The second kappa shape index (κ2) is 5.58. The van der Waals surface area contributed by atoms with Crippen molar-refractivity contribution in [3.8, 4) is 0 Å². The number of nitrogens with zero attached hydrogens (tertiary/aromatic N) is 2. The maximum absolute atomic E-state index is 10.8. The number of hydrogen-bond donors (Lipinski definition) is 2. The second-order valence-electron chi connectivity index (χ2n) is 3.49. The van der Waals surface area contributed by atoms with Gasteiger partial charge in [0.2, 0.25) is 11.7 Å². The highest BCUT2D eigenvalue weighted by molar-refractivity contribution is 9.10. The quantitative estimate of drug-likeness (QED) is 0.631. The molecular formula is C9H11BrN4O3. The van der Waals surface area contributed by atoms with Crippen LogP contribution in [-0.4, -0.2) is 21.9 Å². The van der Waals surface area contributed by atoms with Gasteiger partial charge in [-0.1, -0.05) is 0 Å². The van der Waals surface area contributed by atoms with E-state index in [1.165, 1.54) is 12.3 Å². The van der Waals surface area contributed by atoms with Crippen molar-refractivity contribution in [2.75, 3.05) is 5.32 Å². The Kier molecular flexibility index (Phi) is 4.38. The minimum Gasteiger partial charge on any atom is -0.370 e. The molecule has 1 atom stereocenters. The molecule has 1 heterocycles. The number of nitrogens with one attached hydrogen (secondary N) is 1. The number of nitrogens with two attached hydrogens (primary N) is 1. The highest BCUT2D eigenvalue weighted by Gasteiger charge is 2.18. The number of carbonyl (C=O) groups is 1. The summed E-state index contributed by atoms with van der Waals surface area (Å²) in [5.41, 5.74) is 4.87. The molecule has 1 aromatic heterocycles. The zero-order chi connectivity index (χ0) is 13.0. The summed E-state index contributed by atoms with van der Waals surface area (Å²) in [4.78, 5) is 24.8. The molecule has 0 aliphatic carbocycles. The highest BCUT2D eigenvalue weighted by atomic mass is 79.9. The third-order valence-electron chi connectivity index (χ3n) is 1.92. The minimum absolute atomic E-state index is 0.0783. The van der Waals surface area contributed by atoms with Gasteiger partial charge in [0.05, 0.1) is 4.92 Å². The first-order chi connectivity index (χ1) is 7.90. The van der Waals surface area contributed by atoms with Crippen molar-refractivity contribution in [1.29, 1.82) is 0 Å². The second-order valence-corrected chi connectivity index (χ2v) is 4.41. The van der Waals surface area contributed by atoms with Gasteiger partial charge in [-0.3, -0.25) is 14.9 Å². The molecule has 0 radical (unpaired) electrons. The van der Waals surface area contributed by atoms with Crippen LogP contribution >= 0.6 is 15.9 Å². The summed E-state index contributed by atoms with van der Waals surface area (Å²) in [5, 5.41) is 13.6. The monoisotopic (exact) mass is 302 g/mol. The van der Waals surface area contributed by atoms with E-state index in [9.17, 15) is 14.9 Å². The Hall–Kier alpha value is -1.70. The third-order valence-corrected chi connectivity index (χ3v) is 2.36. The van der Waals surface area contributed by atoms with Gasteiger partial charge in [-0.2, -0.15) is 0 Å². The van der Waals surface area contributed by atoms with Gasteiger partial charge >= 0.3 is 5.69 Å². The summed E-state index contributed by atoms with van der Waals surface area (Å²) < 4.78 is 0.511. The molecule has 1 aromatic rings. The predicted molar refractivity (Wildman–Crippen MR) is 65.5 cm³/mol. The Labute approximate surface area is 106 Å². The van der Waals surface area contributed by atoms with Gasteiger partial charge in [0.1, 0.15) is 0 Å². The number of aromatic nitrogens is 1. The summed E-state index contributed by atoms with van der Waals surface area (Å²) in [6, 6.07) is 1.02. The maximum atomic E-state index is 10.8. The molecule has 7 nitrogen and oxygen atoms in total. The first-order valence-electron chi connectivity index (χ1n) is 4.75. The third kappa shape index (κ3) is 3.99. The number of carbonyl (C=O) groups excluding carboxylic acids is 1. The van der Waals surface area contributed by atoms with Crippen LogP contribution < -0.4 is 11.1 Å². The molecule has 0 saturated heterocycles. The van der Waals surface area contributed by atoms with Gasteiger partial charge in [-0.15, -0.1) is 0 Å². The molecule has 8 heteroatoms. The average Bonchev–Trinajstić information content (AvgIpc) is 2.19. The van der Waals surface area contributed by atoms with E-state index in [1.54, 1.807) is 6.92 Å². The normalized spacial score (nSPS) is 11.9. The summed E-state index contributed by atoms with van der Waals surface area (Å²) in [5.74, 6) is -0.364. The zero-order valence-electron chi connectivity index (χ0n) is 9.01. The molecular weight excluding hydrogens is 292 g/mol. The lowest BCUT2D eigenvalue weighted by Crippen LogP contribution is -2.24. The SMILES string of the molecule is CC(CC(N)=O)Nc1ncc(Br)cc1[N+](=O)[O-]. The molecule has 0 aromatic carbocycles. The van der Waals surface area contributed by atoms with Crippen LogP contribution in [0.3, 0.4) is 0 Å². The van der Waals surface area contributed by atoms with Crippen LogP contribution in [0, 0.1) is 10.1 Å². The van der Waals surface area contributed by atoms with Crippen LogP contribution in [-0.2, 0) is 4.79 Å². The number of hydrogen-bond acceptors (Lipinski definition) is 5. The average molecular weight is 303 g/mol. The van der Waals surface area contributed by atoms with Gasteiger partial charge in [0, 0.05) is 29.2 Å². The first kappa shape index (κ1) is 13.4. The number of rotatable bonds is 5. The molecule has 17 heavy (non-hydrogen) atoms. The van der Waals surface area contributed by atoms with Gasteiger partial charge in [0.15, 0.2) is 0 Å². The van der Waals surface area contributed by atoms with E-state index in [-0.39, 0.29) is 24.0 Å². The van der Waals surface area contributed by atoms with Crippen LogP contribution in [0.5, 0.6) is 0 Å². The van der Waals surface area contributed by atoms with E-state index < -0.39 is 10.8 Å². The van der Waals surface area contributed by atoms with Crippen LogP contribution in [0.25, 0.3) is 0 Å². The van der Waals surface area contributed by atoms with E-state index >= 15 is 0 Å². The van der Waals surface area contributed by atoms with E-state index in [0.29, 0.717) is 4.47 Å². The Morgan fingerprint density at radius 1 is 1.76 bits per heavy atom. The van der Waals surface area contributed by atoms with Crippen LogP contribution in [0.1, 0.15) is 13.3 Å². The molecule has 0 aliphatic heterocycles. The summed E-state index contributed by atoms with van der Waals surface area (Å²) in [6.07, 6.45) is 1.52. The molecule has 0 aliphatic rings. The summed E-state index contributed by atoms with van der Waals surface area (Å²) in [7, 11) is 0. The Bertz CT molecular complexity index is 452. The molecule has 1 unspecified atom stereocenters. The number of pyridine rings is 1. The highest BCUT2D eigenvalue weighted by Crippen LogP contribution is 2.25. The van der Waals surface area contributed by atoms with Crippen molar-refractivity contribution in [3.05, 3.63) is 26.9 Å². The standard InChI is InChI=1S/C9H11BrN4O3/c1-5(2-8(11)15)13-9-7(14(16)17)3-6(10)4-12-9/h3-5H,2H2,1H3,(H2,11,15)(H,12,13). The van der Waals surface area contributed by atoms with E-state index in [2.05, 4.69) is 26.2 Å². The Balaban J connectivity index is 2.90. The Morgan fingerprint density at radius 3 is 2.94 bits per heavy atom. The number of halogens is 1. The van der Waals surface area contributed by atoms with E-state index in [0.717, 1.165) is 0 Å². The summed E-state index contributed by atoms with van der Waals surface area (Å²) >= 11 is 3.10. The molecule has 0 bridgehead atoms. The van der Waals surface area contributed by atoms with Crippen molar-refractivity contribution >= 4 is 33.3 Å². The maximum Gasteiger partial charge on any atom is 0.312 e. The van der Waals surface area contributed by atoms with Gasteiger partial charge in [-0.25, -0.2) is 4.98 Å². The van der Waals surface area contributed by atoms with Gasteiger partial charge in [-0.05, 0) is 22.9 Å². The summed E-state index contributed by atoms with van der Waals surface area (Å²) in [6.45, 7) is 1.69. The lowest BCUT2D eigenvalue weighted by atomic mass is 10.2. The molecule has 0 spiro atoms. The fourth-order valence-corrected chi connectivity index (χ4v) is 1.58. The fraction of sp³-hybridized carbons (Fsp3) is 0.333. The lowest BCUT2D eigenvalue weighted by Gasteiger charge is -2.12. The number of amides is 1.